The predicted octanol–water partition coefficient (Wildman–Crippen LogP) is -2.87. The Labute approximate surface area is 129 Å². The van der Waals surface area contributed by atoms with Gasteiger partial charge in [-0.15, -0.1) is 0 Å². The zero-order chi connectivity index (χ0) is 16.7. The van der Waals surface area contributed by atoms with Gasteiger partial charge in [-0.25, -0.2) is 4.98 Å². The van der Waals surface area contributed by atoms with Crippen LogP contribution in [0.4, 0.5) is 5.95 Å². The van der Waals surface area contributed by atoms with E-state index in [1.807, 2.05) is 0 Å². The lowest BCUT2D eigenvalue weighted by Gasteiger charge is -2.40. The summed E-state index contributed by atoms with van der Waals surface area (Å²) in [6.07, 6.45) is -5.50. The van der Waals surface area contributed by atoms with Gasteiger partial charge in [-0.05, 0) is 0 Å². The Balaban J connectivity index is 2.08. The molecule has 1 aliphatic rings. The molecule has 1 aliphatic heterocycles. The number of hydrogen-bond donors (Lipinski definition) is 6. The van der Waals surface area contributed by atoms with Crippen LogP contribution >= 0.6 is 0 Å². The number of aromatic amines is 1. The number of H-pyrrole nitrogens is 1. The standard InChI is InChI=1S/C12H17N5O6/c1-13-12-15-9-5(10(22)16-12)14-3-17(9)11-8(21)7(20)6(19)4(2-18)23-11/h3-4,6-8,11,18-21H,2H2,1H3,(H2,13,15,16,22)/t4-,6-,7+,8-,11-/m1/s1. The SMILES string of the molecule is CNc1nc2c(ncn2[C@@H]2O[C@H](CO)[C@@H](O)[C@H](O)[C@H]2O)c(=O)[nH]1. The van der Waals surface area contributed by atoms with E-state index in [9.17, 15) is 25.2 Å². The summed E-state index contributed by atoms with van der Waals surface area (Å²) in [5.41, 5.74) is -0.328. The van der Waals surface area contributed by atoms with Crippen LogP contribution in [0.5, 0.6) is 0 Å². The van der Waals surface area contributed by atoms with Crippen molar-refractivity contribution >= 4 is 17.1 Å². The van der Waals surface area contributed by atoms with Crippen molar-refractivity contribution in [3.8, 4) is 0 Å². The average Bonchev–Trinajstić information content (AvgIpc) is 2.97. The first-order valence-electron chi connectivity index (χ1n) is 6.93. The second kappa shape index (κ2) is 5.86. The monoisotopic (exact) mass is 327 g/mol. The van der Waals surface area contributed by atoms with Crippen LogP contribution in [0, 0.1) is 0 Å². The van der Waals surface area contributed by atoms with E-state index < -0.39 is 42.8 Å². The summed E-state index contributed by atoms with van der Waals surface area (Å²) in [7, 11) is 1.57. The van der Waals surface area contributed by atoms with Crippen molar-refractivity contribution in [3.05, 3.63) is 16.7 Å². The van der Waals surface area contributed by atoms with Gasteiger partial charge in [0.1, 0.15) is 24.4 Å². The summed E-state index contributed by atoms with van der Waals surface area (Å²) in [4.78, 5) is 22.5. The molecule has 11 nitrogen and oxygen atoms in total. The van der Waals surface area contributed by atoms with E-state index in [0.717, 1.165) is 0 Å². The highest BCUT2D eigenvalue weighted by Gasteiger charge is 2.44. The number of rotatable bonds is 3. The maximum absolute atomic E-state index is 11.9. The molecule has 6 N–H and O–H groups in total. The minimum atomic E-state index is -1.53. The Bertz CT molecular complexity index is 758. The molecule has 0 unspecified atom stereocenters. The minimum absolute atomic E-state index is 0.0287. The molecule has 0 aliphatic carbocycles. The summed E-state index contributed by atoms with van der Waals surface area (Å²) in [6, 6.07) is 0. The van der Waals surface area contributed by atoms with E-state index in [-0.39, 0.29) is 17.1 Å². The Hall–Kier alpha value is -2.05. The quantitative estimate of drug-likeness (QED) is 0.347. The molecule has 0 radical (unpaired) electrons. The molecule has 2 aromatic heterocycles. The highest BCUT2D eigenvalue weighted by atomic mass is 16.6. The summed E-state index contributed by atoms with van der Waals surface area (Å²) in [5.74, 6) is 0.189. The van der Waals surface area contributed by atoms with Gasteiger partial charge >= 0.3 is 0 Å². The van der Waals surface area contributed by atoms with Gasteiger partial charge < -0.3 is 30.5 Å². The molecule has 0 amide bonds. The van der Waals surface area contributed by atoms with Crippen LogP contribution < -0.4 is 10.9 Å². The molecule has 0 aromatic carbocycles. The molecule has 3 rings (SSSR count). The zero-order valence-corrected chi connectivity index (χ0v) is 12.1. The third kappa shape index (κ3) is 2.48. The molecule has 11 heteroatoms. The first kappa shape index (κ1) is 15.8. The summed E-state index contributed by atoms with van der Waals surface area (Å²) < 4.78 is 6.71. The number of nitrogens with zero attached hydrogens (tertiary/aromatic N) is 3. The number of nitrogens with one attached hydrogen (secondary N) is 2. The average molecular weight is 327 g/mol. The zero-order valence-electron chi connectivity index (χ0n) is 12.1. The molecule has 3 heterocycles. The Kier molecular flexibility index (Phi) is 4.04. The molecular weight excluding hydrogens is 310 g/mol. The smallest absolute Gasteiger partial charge is 0.280 e. The third-order valence-electron chi connectivity index (χ3n) is 3.81. The summed E-state index contributed by atoms with van der Waals surface area (Å²) in [6.45, 7) is -0.552. The van der Waals surface area contributed by atoms with E-state index in [2.05, 4.69) is 20.3 Å². The fourth-order valence-electron chi connectivity index (χ4n) is 2.54. The number of aliphatic hydroxyl groups excluding tert-OH is 4. The Morgan fingerprint density at radius 2 is 2.09 bits per heavy atom. The summed E-state index contributed by atoms with van der Waals surface area (Å²) in [5, 5.41) is 41.8. The fraction of sp³-hybridized carbons (Fsp3) is 0.583. The molecule has 126 valence electrons. The maximum Gasteiger partial charge on any atom is 0.280 e. The lowest BCUT2D eigenvalue weighted by Crippen LogP contribution is -2.56. The largest absolute Gasteiger partial charge is 0.394 e. The molecule has 2 aromatic rings. The number of fused-ring (bicyclic) bond motifs is 1. The molecule has 23 heavy (non-hydrogen) atoms. The molecule has 0 spiro atoms. The van der Waals surface area contributed by atoms with Gasteiger partial charge in [0.05, 0.1) is 12.9 Å². The van der Waals surface area contributed by atoms with Crippen molar-refractivity contribution < 1.29 is 25.2 Å². The first-order valence-corrected chi connectivity index (χ1v) is 6.93. The minimum Gasteiger partial charge on any atom is -0.394 e. The number of aliphatic hydroxyl groups is 4. The second-order valence-corrected chi connectivity index (χ2v) is 5.21. The number of ether oxygens (including phenoxy) is 1. The van der Waals surface area contributed by atoms with Crippen LogP contribution in [0.3, 0.4) is 0 Å². The fourth-order valence-corrected chi connectivity index (χ4v) is 2.54. The van der Waals surface area contributed by atoms with Crippen LogP contribution in [0.25, 0.3) is 11.2 Å². The molecule has 0 bridgehead atoms. The highest BCUT2D eigenvalue weighted by Crippen LogP contribution is 2.29. The van der Waals surface area contributed by atoms with Crippen LogP contribution in [-0.2, 0) is 4.74 Å². The third-order valence-corrected chi connectivity index (χ3v) is 3.81. The van der Waals surface area contributed by atoms with Crippen molar-refractivity contribution in [1.82, 2.24) is 19.5 Å². The van der Waals surface area contributed by atoms with Crippen LogP contribution in [-0.4, -0.2) is 78.0 Å². The van der Waals surface area contributed by atoms with E-state index in [1.165, 1.54) is 10.9 Å². The van der Waals surface area contributed by atoms with Gasteiger partial charge in [0.15, 0.2) is 17.4 Å². The van der Waals surface area contributed by atoms with Crippen molar-refractivity contribution in [2.45, 2.75) is 30.6 Å². The van der Waals surface area contributed by atoms with E-state index in [4.69, 9.17) is 4.74 Å². The van der Waals surface area contributed by atoms with Gasteiger partial charge in [0, 0.05) is 7.05 Å². The molecule has 1 saturated heterocycles. The Morgan fingerprint density at radius 3 is 2.74 bits per heavy atom. The van der Waals surface area contributed by atoms with Gasteiger partial charge in [-0.2, -0.15) is 4.98 Å². The topological polar surface area (TPSA) is 166 Å². The van der Waals surface area contributed by atoms with Crippen molar-refractivity contribution in [2.24, 2.45) is 0 Å². The van der Waals surface area contributed by atoms with Gasteiger partial charge in [-0.3, -0.25) is 14.3 Å². The van der Waals surface area contributed by atoms with Gasteiger partial charge in [0.25, 0.3) is 5.56 Å². The normalized spacial score (nSPS) is 31.4. The Morgan fingerprint density at radius 1 is 1.35 bits per heavy atom. The van der Waals surface area contributed by atoms with Crippen molar-refractivity contribution in [2.75, 3.05) is 19.0 Å². The number of hydrogen-bond acceptors (Lipinski definition) is 9. The maximum atomic E-state index is 11.9. The second-order valence-electron chi connectivity index (χ2n) is 5.21. The lowest BCUT2D eigenvalue weighted by atomic mass is 9.98. The molecule has 5 atom stereocenters. The predicted molar refractivity (Wildman–Crippen MR) is 76.7 cm³/mol. The van der Waals surface area contributed by atoms with E-state index in [1.54, 1.807) is 7.05 Å². The van der Waals surface area contributed by atoms with E-state index >= 15 is 0 Å². The van der Waals surface area contributed by atoms with Crippen LogP contribution in [0.15, 0.2) is 11.1 Å². The van der Waals surface area contributed by atoms with E-state index in [0.29, 0.717) is 0 Å². The van der Waals surface area contributed by atoms with Crippen molar-refractivity contribution in [3.63, 3.8) is 0 Å². The number of anilines is 1. The van der Waals surface area contributed by atoms with Crippen LogP contribution in [0.2, 0.25) is 0 Å². The van der Waals surface area contributed by atoms with Crippen LogP contribution in [0.1, 0.15) is 6.23 Å². The van der Waals surface area contributed by atoms with Crippen molar-refractivity contribution in [1.29, 1.82) is 0 Å². The first-order chi connectivity index (χ1) is 11.0. The summed E-state index contributed by atoms with van der Waals surface area (Å²) >= 11 is 0. The van der Waals surface area contributed by atoms with Gasteiger partial charge in [0.2, 0.25) is 5.95 Å². The number of aromatic nitrogens is 4. The number of imidazole rings is 1. The molecule has 1 fully saturated rings. The highest BCUT2D eigenvalue weighted by molar-refractivity contribution is 5.70. The molecule has 0 saturated carbocycles. The van der Waals surface area contributed by atoms with Gasteiger partial charge in [-0.1, -0.05) is 0 Å². The lowest BCUT2D eigenvalue weighted by molar-refractivity contribution is -0.250. The molecular formula is C12H17N5O6.